The van der Waals surface area contributed by atoms with Gasteiger partial charge in [-0.1, -0.05) is 58.9 Å². The van der Waals surface area contributed by atoms with E-state index in [9.17, 15) is 0 Å². The van der Waals surface area contributed by atoms with E-state index in [0.29, 0.717) is 10.8 Å². The van der Waals surface area contributed by atoms with Crippen LogP contribution in [0.15, 0.2) is 70.5 Å². The number of para-hydroxylation sites is 1. The maximum Gasteiger partial charge on any atom is 0.147 e. The SMILES string of the molecule is Clc1ccc(-c2cc(CSc3ncnc4ccccc34)on2)cc1. The first-order chi connectivity index (χ1) is 11.8. The van der Waals surface area contributed by atoms with Crippen molar-refractivity contribution in [1.29, 1.82) is 0 Å². The highest BCUT2D eigenvalue weighted by Gasteiger charge is 2.09. The van der Waals surface area contributed by atoms with Crippen molar-refractivity contribution in [1.82, 2.24) is 15.1 Å². The normalized spacial score (nSPS) is 11.0. The summed E-state index contributed by atoms with van der Waals surface area (Å²) in [6, 6.07) is 17.4. The molecule has 24 heavy (non-hydrogen) atoms. The summed E-state index contributed by atoms with van der Waals surface area (Å²) in [6.45, 7) is 0. The number of fused-ring (bicyclic) bond motifs is 1. The molecule has 0 radical (unpaired) electrons. The number of hydrogen-bond donors (Lipinski definition) is 0. The highest BCUT2D eigenvalue weighted by molar-refractivity contribution is 7.98. The van der Waals surface area contributed by atoms with Crippen molar-refractivity contribution in [3.63, 3.8) is 0 Å². The van der Waals surface area contributed by atoms with Crippen molar-refractivity contribution < 1.29 is 4.52 Å². The van der Waals surface area contributed by atoms with Crippen LogP contribution in [0, 0.1) is 0 Å². The van der Waals surface area contributed by atoms with Crippen LogP contribution in [0.5, 0.6) is 0 Å². The second-order valence-electron chi connectivity index (χ2n) is 5.17. The van der Waals surface area contributed by atoms with Gasteiger partial charge in [-0.3, -0.25) is 0 Å². The van der Waals surface area contributed by atoms with Gasteiger partial charge in [0.1, 0.15) is 22.8 Å². The molecule has 4 aromatic rings. The molecule has 0 fully saturated rings. The minimum atomic E-state index is 0.654. The van der Waals surface area contributed by atoms with Gasteiger partial charge in [0.2, 0.25) is 0 Å². The molecule has 2 aromatic heterocycles. The van der Waals surface area contributed by atoms with Gasteiger partial charge in [0.05, 0.1) is 11.3 Å². The molecular weight excluding hydrogens is 342 g/mol. The van der Waals surface area contributed by atoms with Crippen LogP contribution in [0.1, 0.15) is 5.76 Å². The third-order valence-corrected chi connectivity index (χ3v) is 4.84. The van der Waals surface area contributed by atoms with Gasteiger partial charge in [0.25, 0.3) is 0 Å². The predicted molar refractivity (Wildman–Crippen MR) is 96.0 cm³/mol. The zero-order valence-corrected chi connectivity index (χ0v) is 14.1. The second-order valence-corrected chi connectivity index (χ2v) is 6.57. The molecule has 0 aliphatic heterocycles. The van der Waals surface area contributed by atoms with Crippen LogP contribution in [0.25, 0.3) is 22.2 Å². The number of thioether (sulfide) groups is 1. The summed E-state index contributed by atoms with van der Waals surface area (Å²) in [5.41, 5.74) is 2.72. The molecule has 2 heterocycles. The first-order valence-corrected chi connectivity index (χ1v) is 8.70. The van der Waals surface area contributed by atoms with E-state index >= 15 is 0 Å². The standard InChI is InChI=1S/C18H12ClN3OS/c19-13-7-5-12(6-8-13)17-9-14(23-22-17)10-24-18-15-3-1-2-4-16(15)20-11-21-18/h1-9,11H,10H2. The van der Waals surface area contributed by atoms with Gasteiger partial charge in [-0.2, -0.15) is 0 Å². The molecular formula is C18H12ClN3OS. The molecule has 118 valence electrons. The van der Waals surface area contributed by atoms with Gasteiger partial charge in [-0.15, -0.1) is 0 Å². The van der Waals surface area contributed by atoms with E-state index in [2.05, 4.69) is 15.1 Å². The van der Waals surface area contributed by atoms with E-state index in [1.54, 1.807) is 18.1 Å². The van der Waals surface area contributed by atoms with Crippen LogP contribution in [0.2, 0.25) is 5.02 Å². The number of benzene rings is 2. The lowest BCUT2D eigenvalue weighted by Crippen LogP contribution is -1.87. The number of halogens is 1. The van der Waals surface area contributed by atoms with E-state index in [-0.39, 0.29) is 0 Å². The monoisotopic (exact) mass is 353 g/mol. The van der Waals surface area contributed by atoms with Crippen molar-refractivity contribution in [2.45, 2.75) is 10.8 Å². The van der Waals surface area contributed by atoms with Gasteiger partial charge in [-0.05, 0) is 18.2 Å². The zero-order valence-electron chi connectivity index (χ0n) is 12.5. The van der Waals surface area contributed by atoms with E-state index in [4.69, 9.17) is 16.1 Å². The second kappa shape index (κ2) is 6.63. The molecule has 4 nitrogen and oxygen atoms in total. The average molecular weight is 354 g/mol. The summed E-state index contributed by atoms with van der Waals surface area (Å²) >= 11 is 7.52. The molecule has 0 spiro atoms. The van der Waals surface area contributed by atoms with Crippen LogP contribution < -0.4 is 0 Å². The van der Waals surface area contributed by atoms with E-state index in [1.807, 2.05) is 54.6 Å². The lowest BCUT2D eigenvalue weighted by Gasteiger charge is -2.02. The zero-order chi connectivity index (χ0) is 16.4. The first kappa shape index (κ1) is 15.2. The topological polar surface area (TPSA) is 51.8 Å². The van der Waals surface area contributed by atoms with Gasteiger partial charge in [0, 0.05) is 22.0 Å². The Hall–Kier alpha value is -2.37. The molecule has 0 aliphatic rings. The summed E-state index contributed by atoms with van der Waals surface area (Å²) in [5, 5.41) is 6.81. The van der Waals surface area contributed by atoms with Crippen molar-refractivity contribution in [3.8, 4) is 11.3 Å². The molecule has 0 amide bonds. The Bertz CT molecular complexity index is 980. The third kappa shape index (κ3) is 3.13. The molecule has 6 heteroatoms. The Morgan fingerprint density at radius 1 is 1.00 bits per heavy atom. The minimum Gasteiger partial charge on any atom is -0.360 e. The fourth-order valence-corrected chi connectivity index (χ4v) is 3.36. The van der Waals surface area contributed by atoms with Crippen molar-refractivity contribution >= 4 is 34.3 Å². The summed E-state index contributed by atoms with van der Waals surface area (Å²) in [7, 11) is 0. The largest absolute Gasteiger partial charge is 0.360 e. The van der Waals surface area contributed by atoms with Gasteiger partial charge < -0.3 is 4.52 Å². The van der Waals surface area contributed by atoms with Gasteiger partial charge >= 0.3 is 0 Å². The highest BCUT2D eigenvalue weighted by atomic mass is 35.5. The third-order valence-electron chi connectivity index (χ3n) is 3.56. The first-order valence-electron chi connectivity index (χ1n) is 7.34. The molecule has 0 saturated carbocycles. The molecule has 0 atom stereocenters. The van der Waals surface area contributed by atoms with Crippen molar-refractivity contribution in [3.05, 3.63) is 71.7 Å². The Balaban J connectivity index is 1.53. The molecule has 0 aliphatic carbocycles. The van der Waals surface area contributed by atoms with E-state index in [1.165, 1.54) is 0 Å². The predicted octanol–water partition coefficient (Wildman–Crippen LogP) is 5.23. The van der Waals surface area contributed by atoms with Crippen molar-refractivity contribution in [2.75, 3.05) is 0 Å². The molecule has 2 aromatic carbocycles. The van der Waals surface area contributed by atoms with Crippen molar-refractivity contribution in [2.24, 2.45) is 0 Å². The van der Waals surface area contributed by atoms with E-state index in [0.717, 1.165) is 32.9 Å². The van der Waals surface area contributed by atoms with Crippen LogP contribution in [-0.4, -0.2) is 15.1 Å². The number of nitrogens with zero attached hydrogens (tertiary/aromatic N) is 3. The van der Waals surface area contributed by atoms with Crippen LogP contribution in [0.3, 0.4) is 0 Å². The summed E-state index contributed by atoms with van der Waals surface area (Å²) < 4.78 is 5.44. The average Bonchev–Trinajstić information content (AvgIpc) is 3.09. The maximum atomic E-state index is 5.91. The molecule has 4 rings (SSSR count). The fraction of sp³-hybridized carbons (Fsp3) is 0.0556. The smallest absolute Gasteiger partial charge is 0.147 e. The molecule has 0 N–H and O–H groups in total. The summed E-state index contributed by atoms with van der Waals surface area (Å²) in [6.07, 6.45) is 1.59. The Morgan fingerprint density at radius 2 is 1.83 bits per heavy atom. The maximum absolute atomic E-state index is 5.91. The molecule has 0 saturated heterocycles. The Labute approximate surface area is 147 Å². The number of aromatic nitrogens is 3. The Kier molecular flexibility index (Phi) is 4.19. The van der Waals surface area contributed by atoms with Crippen LogP contribution in [-0.2, 0) is 5.75 Å². The quantitative estimate of drug-likeness (QED) is 0.371. The number of hydrogen-bond acceptors (Lipinski definition) is 5. The lowest BCUT2D eigenvalue weighted by molar-refractivity contribution is 0.397. The summed E-state index contributed by atoms with van der Waals surface area (Å²) in [4.78, 5) is 8.65. The molecule has 0 unspecified atom stereocenters. The van der Waals surface area contributed by atoms with Gasteiger partial charge in [0.15, 0.2) is 0 Å². The Morgan fingerprint density at radius 3 is 2.71 bits per heavy atom. The highest BCUT2D eigenvalue weighted by Crippen LogP contribution is 2.29. The van der Waals surface area contributed by atoms with Gasteiger partial charge in [-0.25, -0.2) is 9.97 Å². The number of rotatable bonds is 4. The van der Waals surface area contributed by atoms with E-state index < -0.39 is 0 Å². The fourth-order valence-electron chi connectivity index (χ4n) is 2.37. The molecule has 0 bridgehead atoms. The lowest BCUT2D eigenvalue weighted by atomic mass is 10.1. The van der Waals surface area contributed by atoms with Crippen LogP contribution in [0.4, 0.5) is 0 Å². The minimum absolute atomic E-state index is 0.654. The van der Waals surface area contributed by atoms with Crippen LogP contribution >= 0.6 is 23.4 Å². The summed E-state index contributed by atoms with van der Waals surface area (Å²) in [5.74, 6) is 1.45.